The number of likely N-dealkylation sites (tertiary alicyclic amines) is 1. The number of hydrogen-bond donors (Lipinski definition) is 1. The number of methoxy groups -OCH3 is 1. The minimum Gasteiger partial charge on any atom is -0.468 e. The fourth-order valence-electron chi connectivity index (χ4n) is 2.17. The number of rotatable bonds is 2. The van der Waals surface area contributed by atoms with Gasteiger partial charge in [-0.1, -0.05) is 0 Å². The van der Waals surface area contributed by atoms with E-state index in [0.717, 1.165) is 0 Å². The van der Waals surface area contributed by atoms with Gasteiger partial charge in [0.2, 0.25) is 11.8 Å². The standard InChI is InChI=1S/C10H14N2O4/c1-16-10(15)7-4-5-12(7)6-2-3-8(13)11-9(6)14/h6-7H,2-5H2,1H3,(H,11,13,14). The number of nitrogens with zero attached hydrogens (tertiary/aromatic N) is 1. The Morgan fingerprint density at radius 1 is 1.44 bits per heavy atom. The third-order valence-electron chi connectivity index (χ3n) is 3.14. The molecule has 2 aliphatic heterocycles. The third kappa shape index (κ3) is 1.80. The van der Waals surface area contributed by atoms with E-state index in [4.69, 9.17) is 0 Å². The lowest BCUT2D eigenvalue weighted by atomic mass is 9.95. The maximum Gasteiger partial charge on any atom is 0.323 e. The van der Waals surface area contributed by atoms with Crippen LogP contribution >= 0.6 is 0 Å². The Morgan fingerprint density at radius 3 is 2.69 bits per heavy atom. The summed E-state index contributed by atoms with van der Waals surface area (Å²) in [7, 11) is 1.34. The number of carbonyl (C=O) groups excluding carboxylic acids is 3. The molecule has 2 unspecified atom stereocenters. The molecule has 2 heterocycles. The average molecular weight is 226 g/mol. The van der Waals surface area contributed by atoms with Gasteiger partial charge in [-0.25, -0.2) is 0 Å². The highest BCUT2D eigenvalue weighted by Gasteiger charge is 2.43. The first-order chi connectivity index (χ1) is 7.63. The van der Waals surface area contributed by atoms with Gasteiger partial charge in [0.1, 0.15) is 6.04 Å². The van der Waals surface area contributed by atoms with E-state index < -0.39 is 0 Å². The molecule has 0 bridgehead atoms. The highest BCUT2D eigenvalue weighted by Crippen LogP contribution is 2.25. The molecular weight excluding hydrogens is 212 g/mol. The number of carbonyl (C=O) groups is 3. The molecule has 2 saturated heterocycles. The zero-order valence-corrected chi connectivity index (χ0v) is 9.06. The van der Waals surface area contributed by atoms with Crippen molar-refractivity contribution in [2.24, 2.45) is 0 Å². The topological polar surface area (TPSA) is 75.7 Å². The van der Waals surface area contributed by atoms with Crippen LogP contribution in [0.3, 0.4) is 0 Å². The summed E-state index contributed by atoms with van der Waals surface area (Å²) in [5.41, 5.74) is 0. The summed E-state index contributed by atoms with van der Waals surface area (Å²) in [6, 6.07) is -0.690. The van der Waals surface area contributed by atoms with Crippen molar-refractivity contribution in [2.75, 3.05) is 13.7 Å². The van der Waals surface area contributed by atoms with Gasteiger partial charge >= 0.3 is 5.97 Å². The molecule has 16 heavy (non-hydrogen) atoms. The number of nitrogens with one attached hydrogen (secondary N) is 1. The highest BCUT2D eigenvalue weighted by atomic mass is 16.5. The molecule has 2 fully saturated rings. The van der Waals surface area contributed by atoms with Crippen LogP contribution in [0, 0.1) is 0 Å². The Morgan fingerprint density at radius 2 is 2.19 bits per heavy atom. The van der Waals surface area contributed by atoms with Gasteiger partial charge < -0.3 is 4.74 Å². The quantitative estimate of drug-likeness (QED) is 0.485. The molecule has 0 saturated carbocycles. The molecule has 0 aliphatic carbocycles. The smallest absolute Gasteiger partial charge is 0.323 e. The molecular formula is C10H14N2O4. The second-order valence-corrected chi connectivity index (χ2v) is 4.03. The first-order valence-corrected chi connectivity index (χ1v) is 5.30. The molecule has 0 radical (unpaired) electrons. The second-order valence-electron chi connectivity index (χ2n) is 4.03. The third-order valence-corrected chi connectivity index (χ3v) is 3.14. The fourth-order valence-corrected chi connectivity index (χ4v) is 2.17. The molecule has 6 nitrogen and oxygen atoms in total. The van der Waals surface area contributed by atoms with Crippen LogP contribution in [-0.2, 0) is 19.1 Å². The van der Waals surface area contributed by atoms with Crippen molar-refractivity contribution in [3.63, 3.8) is 0 Å². The minimum absolute atomic E-state index is 0.239. The number of hydrogen-bond acceptors (Lipinski definition) is 5. The van der Waals surface area contributed by atoms with Crippen LogP contribution in [0.4, 0.5) is 0 Å². The first-order valence-electron chi connectivity index (χ1n) is 5.30. The van der Waals surface area contributed by atoms with Crippen LogP contribution in [0.1, 0.15) is 19.3 Å². The van der Waals surface area contributed by atoms with Crippen molar-refractivity contribution < 1.29 is 19.1 Å². The lowest BCUT2D eigenvalue weighted by Gasteiger charge is -2.44. The van der Waals surface area contributed by atoms with Gasteiger partial charge in [0.25, 0.3) is 0 Å². The molecule has 2 amide bonds. The molecule has 2 atom stereocenters. The van der Waals surface area contributed by atoms with E-state index in [9.17, 15) is 14.4 Å². The van der Waals surface area contributed by atoms with Crippen molar-refractivity contribution in [3.8, 4) is 0 Å². The van der Waals surface area contributed by atoms with Crippen molar-refractivity contribution >= 4 is 17.8 Å². The summed E-state index contributed by atoms with van der Waals surface area (Å²) < 4.78 is 4.65. The lowest BCUT2D eigenvalue weighted by Crippen LogP contribution is -2.63. The summed E-state index contributed by atoms with van der Waals surface area (Å²) in [5.74, 6) is -0.850. The van der Waals surface area contributed by atoms with Crippen molar-refractivity contribution in [2.45, 2.75) is 31.3 Å². The molecule has 2 rings (SSSR count). The molecule has 6 heteroatoms. The molecule has 0 aromatic rings. The predicted octanol–water partition coefficient (Wildman–Crippen LogP) is -0.961. The maximum absolute atomic E-state index is 11.6. The zero-order valence-electron chi connectivity index (χ0n) is 9.06. The van der Waals surface area contributed by atoms with E-state index in [1.165, 1.54) is 7.11 Å². The molecule has 0 aromatic carbocycles. The zero-order chi connectivity index (χ0) is 11.7. The van der Waals surface area contributed by atoms with Crippen molar-refractivity contribution in [1.82, 2.24) is 10.2 Å². The Bertz CT molecular complexity index is 342. The summed E-state index contributed by atoms with van der Waals surface area (Å²) in [6.45, 7) is 0.700. The van der Waals surface area contributed by atoms with Gasteiger partial charge in [0.05, 0.1) is 13.2 Å². The number of esters is 1. The monoisotopic (exact) mass is 226 g/mol. The van der Waals surface area contributed by atoms with Crippen LogP contribution in [0.15, 0.2) is 0 Å². The van der Waals surface area contributed by atoms with Gasteiger partial charge in [-0.3, -0.25) is 24.6 Å². The van der Waals surface area contributed by atoms with Crippen molar-refractivity contribution in [1.29, 1.82) is 0 Å². The molecule has 1 N–H and O–H groups in total. The first kappa shape index (κ1) is 11.1. The van der Waals surface area contributed by atoms with E-state index in [1.807, 2.05) is 0 Å². The van der Waals surface area contributed by atoms with E-state index >= 15 is 0 Å². The average Bonchev–Trinajstić information content (AvgIpc) is 2.20. The van der Waals surface area contributed by atoms with Gasteiger partial charge in [0.15, 0.2) is 0 Å². The van der Waals surface area contributed by atoms with Gasteiger partial charge in [-0.2, -0.15) is 0 Å². The van der Waals surface area contributed by atoms with Gasteiger partial charge in [-0.15, -0.1) is 0 Å². The second kappa shape index (κ2) is 4.21. The van der Waals surface area contributed by atoms with E-state index in [2.05, 4.69) is 10.1 Å². The highest BCUT2D eigenvalue weighted by molar-refractivity contribution is 6.00. The van der Waals surface area contributed by atoms with E-state index in [1.54, 1.807) is 4.90 Å². The van der Waals surface area contributed by atoms with Gasteiger partial charge in [0, 0.05) is 13.0 Å². The Balaban J connectivity index is 2.00. The molecule has 0 spiro atoms. The summed E-state index contributed by atoms with van der Waals surface area (Å²) in [4.78, 5) is 35.7. The van der Waals surface area contributed by atoms with E-state index in [0.29, 0.717) is 25.8 Å². The molecule has 2 aliphatic rings. The van der Waals surface area contributed by atoms with Crippen LogP contribution in [-0.4, -0.2) is 48.4 Å². The largest absolute Gasteiger partial charge is 0.468 e. The van der Waals surface area contributed by atoms with Crippen LogP contribution < -0.4 is 5.32 Å². The van der Waals surface area contributed by atoms with Crippen LogP contribution in [0.25, 0.3) is 0 Å². The Hall–Kier alpha value is -1.43. The number of piperidine rings is 1. The number of amides is 2. The van der Waals surface area contributed by atoms with Crippen LogP contribution in [0.5, 0.6) is 0 Å². The lowest BCUT2D eigenvalue weighted by molar-refractivity contribution is -0.157. The normalized spacial score (nSPS) is 30.6. The Labute approximate surface area is 92.9 Å². The number of imide groups is 1. The predicted molar refractivity (Wildman–Crippen MR) is 53.3 cm³/mol. The molecule has 88 valence electrons. The SMILES string of the molecule is COC(=O)C1CCN1C1CCC(=O)NC1=O. The Kier molecular flexibility index (Phi) is 2.91. The minimum atomic E-state index is -0.365. The van der Waals surface area contributed by atoms with Crippen LogP contribution in [0.2, 0.25) is 0 Å². The number of ether oxygens (including phenoxy) is 1. The fraction of sp³-hybridized carbons (Fsp3) is 0.700. The van der Waals surface area contributed by atoms with E-state index in [-0.39, 0.29) is 29.9 Å². The maximum atomic E-state index is 11.6. The summed E-state index contributed by atoms with van der Waals surface area (Å²) >= 11 is 0. The summed E-state index contributed by atoms with van der Waals surface area (Å²) in [6.07, 6.45) is 1.53. The van der Waals surface area contributed by atoms with Crippen molar-refractivity contribution in [3.05, 3.63) is 0 Å². The summed E-state index contributed by atoms with van der Waals surface area (Å²) in [5, 5.41) is 2.28. The van der Waals surface area contributed by atoms with Gasteiger partial charge in [-0.05, 0) is 12.8 Å². The molecule has 0 aromatic heterocycles.